The summed E-state index contributed by atoms with van der Waals surface area (Å²) in [5, 5.41) is 5.26. The second-order valence-corrected chi connectivity index (χ2v) is 6.71. The van der Waals surface area contributed by atoms with Crippen molar-refractivity contribution in [2.75, 3.05) is 11.4 Å². The second kappa shape index (κ2) is 5.96. The van der Waals surface area contributed by atoms with Crippen molar-refractivity contribution in [2.24, 2.45) is 0 Å². The Hall–Kier alpha value is -1.88. The van der Waals surface area contributed by atoms with Crippen molar-refractivity contribution >= 4 is 17.3 Å². The number of pyridine rings is 1. The number of hydrogen-bond acceptors (Lipinski definition) is 4. The minimum atomic E-state index is 0.0123. The molecule has 1 atom stereocenters. The number of nitrogens with zero attached hydrogens (tertiary/aromatic N) is 4. The molecular weight excluding hydrogens is 312 g/mol. The summed E-state index contributed by atoms with van der Waals surface area (Å²) in [6.07, 6.45) is 8.66. The van der Waals surface area contributed by atoms with E-state index in [2.05, 4.69) is 15.0 Å². The maximum Gasteiger partial charge on any atom is 0.267 e. The first kappa shape index (κ1) is 14.7. The Balaban J connectivity index is 1.61. The van der Waals surface area contributed by atoms with Crippen LogP contribution in [-0.2, 0) is 19.4 Å². The third kappa shape index (κ3) is 2.74. The topological polar surface area (TPSA) is 51.0 Å². The van der Waals surface area contributed by atoms with Gasteiger partial charge >= 0.3 is 0 Å². The molecular formula is C17H19ClN4O. The van der Waals surface area contributed by atoms with Crippen molar-refractivity contribution in [3.05, 3.63) is 51.2 Å². The Morgan fingerprint density at radius 1 is 1.30 bits per heavy atom. The van der Waals surface area contributed by atoms with Gasteiger partial charge in [-0.1, -0.05) is 11.6 Å². The van der Waals surface area contributed by atoms with E-state index in [0.717, 1.165) is 55.6 Å². The van der Waals surface area contributed by atoms with Crippen LogP contribution in [0.15, 0.2) is 29.3 Å². The summed E-state index contributed by atoms with van der Waals surface area (Å²) >= 11 is 6.29. The average Bonchev–Trinajstić information content (AvgIpc) is 3.17. The first-order valence-electron chi connectivity index (χ1n) is 8.18. The molecule has 23 heavy (non-hydrogen) atoms. The fraction of sp³-hybridized carbons (Fsp3) is 0.471. The molecule has 0 N–H and O–H groups in total. The highest BCUT2D eigenvalue weighted by Gasteiger charge is 2.27. The van der Waals surface area contributed by atoms with Crippen molar-refractivity contribution in [2.45, 2.75) is 44.7 Å². The lowest BCUT2D eigenvalue weighted by Crippen LogP contribution is -2.37. The fourth-order valence-corrected chi connectivity index (χ4v) is 3.94. The van der Waals surface area contributed by atoms with E-state index in [-0.39, 0.29) is 11.6 Å². The summed E-state index contributed by atoms with van der Waals surface area (Å²) in [5.41, 5.74) is 3.24. The van der Waals surface area contributed by atoms with Crippen LogP contribution in [0.2, 0.25) is 5.02 Å². The monoisotopic (exact) mass is 330 g/mol. The molecule has 2 aliphatic rings. The summed E-state index contributed by atoms with van der Waals surface area (Å²) in [7, 11) is 0. The van der Waals surface area contributed by atoms with E-state index in [1.165, 1.54) is 0 Å². The van der Waals surface area contributed by atoms with Crippen molar-refractivity contribution in [3.63, 3.8) is 0 Å². The highest BCUT2D eigenvalue weighted by atomic mass is 35.5. The number of aromatic nitrogens is 3. The third-order valence-corrected chi connectivity index (χ3v) is 5.14. The van der Waals surface area contributed by atoms with Crippen molar-refractivity contribution in [1.82, 2.24) is 14.8 Å². The number of rotatable bonds is 3. The normalized spacial score (nSPS) is 20.0. The second-order valence-electron chi connectivity index (χ2n) is 6.31. The van der Waals surface area contributed by atoms with Gasteiger partial charge in [-0.3, -0.25) is 9.78 Å². The summed E-state index contributed by atoms with van der Waals surface area (Å²) in [5.74, 6) is 0. The fourth-order valence-electron chi connectivity index (χ4n) is 3.71. The molecule has 6 heteroatoms. The first-order valence-corrected chi connectivity index (χ1v) is 8.56. The standard InChI is InChI=1S/C17H19ClN4O/c18-14-10-19-7-6-16(14)21-8-2-4-13(21)11-22-17(23)9-12-3-1-5-15(12)20-22/h6-7,9-10,13H,1-5,8,11H2. The lowest BCUT2D eigenvalue weighted by Gasteiger charge is -2.27. The molecule has 3 heterocycles. The zero-order valence-electron chi connectivity index (χ0n) is 12.9. The van der Waals surface area contributed by atoms with Crippen molar-refractivity contribution in [3.8, 4) is 0 Å². The van der Waals surface area contributed by atoms with Crippen LogP contribution in [0.1, 0.15) is 30.5 Å². The minimum absolute atomic E-state index is 0.0123. The highest BCUT2D eigenvalue weighted by molar-refractivity contribution is 6.33. The van der Waals surface area contributed by atoms with E-state index in [1.807, 2.05) is 6.07 Å². The lowest BCUT2D eigenvalue weighted by atomic mass is 10.2. The van der Waals surface area contributed by atoms with Gasteiger partial charge in [-0.15, -0.1) is 0 Å². The highest BCUT2D eigenvalue weighted by Crippen LogP contribution is 2.31. The average molecular weight is 331 g/mol. The number of fused-ring (bicyclic) bond motifs is 1. The van der Waals surface area contributed by atoms with E-state index in [9.17, 15) is 4.79 Å². The number of halogens is 1. The van der Waals surface area contributed by atoms with Gasteiger partial charge in [0.2, 0.25) is 0 Å². The van der Waals surface area contributed by atoms with Crippen LogP contribution in [0.4, 0.5) is 5.69 Å². The molecule has 0 spiro atoms. The third-order valence-electron chi connectivity index (χ3n) is 4.85. The Morgan fingerprint density at radius 2 is 2.22 bits per heavy atom. The number of aryl methyl sites for hydroxylation is 2. The predicted octanol–water partition coefficient (Wildman–Crippen LogP) is 2.45. The Labute approximate surface area is 139 Å². The Morgan fingerprint density at radius 3 is 3.09 bits per heavy atom. The van der Waals surface area contributed by atoms with E-state index < -0.39 is 0 Å². The van der Waals surface area contributed by atoms with E-state index in [1.54, 1.807) is 23.1 Å². The maximum atomic E-state index is 12.3. The van der Waals surface area contributed by atoms with Crippen LogP contribution in [0.5, 0.6) is 0 Å². The molecule has 1 saturated heterocycles. The summed E-state index contributed by atoms with van der Waals surface area (Å²) in [4.78, 5) is 18.7. The quantitative estimate of drug-likeness (QED) is 0.867. The molecule has 2 aromatic rings. The van der Waals surface area contributed by atoms with Crippen LogP contribution in [0, 0.1) is 0 Å². The molecule has 0 radical (unpaired) electrons. The van der Waals surface area contributed by atoms with Crippen LogP contribution in [-0.4, -0.2) is 27.4 Å². The summed E-state index contributed by atoms with van der Waals surface area (Å²) < 4.78 is 1.64. The van der Waals surface area contributed by atoms with Crippen molar-refractivity contribution in [1.29, 1.82) is 0 Å². The zero-order valence-corrected chi connectivity index (χ0v) is 13.7. The van der Waals surface area contributed by atoms with Gasteiger partial charge in [0.1, 0.15) is 0 Å². The van der Waals surface area contributed by atoms with Gasteiger partial charge in [0.15, 0.2) is 0 Å². The van der Waals surface area contributed by atoms with Crippen LogP contribution in [0.25, 0.3) is 0 Å². The first-order chi connectivity index (χ1) is 11.2. The molecule has 1 aliphatic heterocycles. The summed E-state index contributed by atoms with van der Waals surface area (Å²) in [6.45, 7) is 1.57. The molecule has 120 valence electrons. The van der Waals surface area contributed by atoms with E-state index in [4.69, 9.17) is 11.6 Å². The molecule has 1 aliphatic carbocycles. The lowest BCUT2D eigenvalue weighted by molar-refractivity contribution is 0.483. The van der Waals surface area contributed by atoms with Gasteiger partial charge in [0.05, 0.1) is 22.9 Å². The molecule has 1 unspecified atom stereocenters. The van der Waals surface area contributed by atoms with Crippen LogP contribution in [0.3, 0.4) is 0 Å². The minimum Gasteiger partial charge on any atom is -0.365 e. The molecule has 4 rings (SSSR count). The molecule has 0 amide bonds. The molecule has 0 bridgehead atoms. The molecule has 5 nitrogen and oxygen atoms in total. The SMILES string of the molecule is O=c1cc2c(nn1CC1CCCN1c1ccncc1Cl)CCC2. The zero-order chi connectivity index (χ0) is 15.8. The van der Waals surface area contributed by atoms with Crippen LogP contribution >= 0.6 is 11.6 Å². The molecule has 1 fully saturated rings. The van der Waals surface area contributed by atoms with Gasteiger partial charge < -0.3 is 4.90 Å². The van der Waals surface area contributed by atoms with Gasteiger partial charge in [0.25, 0.3) is 5.56 Å². The number of anilines is 1. The van der Waals surface area contributed by atoms with Crippen molar-refractivity contribution < 1.29 is 0 Å². The Bertz CT molecular complexity index is 788. The summed E-state index contributed by atoms with van der Waals surface area (Å²) in [6, 6.07) is 3.97. The molecule has 0 saturated carbocycles. The largest absolute Gasteiger partial charge is 0.365 e. The molecule has 0 aromatic carbocycles. The molecule has 2 aromatic heterocycles. The number of hydrogen-bond donors (Lipinski definition) is 0. The Kier molecular flexibility index (Phi) is 3.81. The maximum absolute atomic E-state index is 12.3. The van der Waals surface area contributed by atoms with Crippen LogP contribution < -0.4 is 10.5 Å². The van der Waals surface area contributed by atoms with Gasteiger partial charge in [-0.2, -0.15) is 5.10 Å². The van der Waals surface area contributed by atoms with Gasteiger partial charge in [-0.05, 0) is 43.7 Å². The van der Waals surface area contributed by atoms with E-state index >= 15 is 0 Å². The van der Waals surface area contributed by atoms with Gasteiger partial charge in [-0.25, -0.2) is 4.68 Å². The predicted molar refractivity (Wildman–Crippen MR) is 90.1 cm³/mol. The van der Waals surface area contributed by atoms with E-state index in [0.29, 0.717) is 11.6 Å². The smallest absolute Gasteiger partial charge is 0.267 e. The van der Waals surface area contributed by atoms with Gasteiger partial charge in [0, 0.05) is 31.0 Å².